The van der Waals surface area contributed by atoms with E-state index in [1.165, 1.54) is 0 Å². The van der Waals surface area contributed by atoms with Gasteiger partial charge < -0.3 is 4.84 Å². The van der Waals surface area contributed by atoms with E-state index in [4.69, 9.17) is 4.84 Å². The van der Waals surface area contributed by atoms with E-state index in [1.807, 2.05) is 30.3 Å². The average molecular weight is 199 g/mol. The minimum Gasteiger partial charge on any atom is -0.339 e. The largest absolute Gasteiger partial charge is 0.339 e. The molecule has 0 N–H and O–H groups in total. The average Bonchev–Trinajstić information content (AvgIpc) is 2.32. The molecule has 0 saturated heterocycles. The van der Waals surface area contributed by atoms with Gasteiger partial charge in [-0.15, -0.1) is 0 Å². The Bertz CT molecular complexity index is 428. The summed E-state index contributed by atoms with van der Waals surface area (Å²) in [6, 6.07) is 14.6. The maximum Gasteiger partial charge on any atom is 0.177 e. The van der Waals surface area contributed by atoms with Crippen LogP contribution in [-0.4, -0.2) is 4.98 Å². The fourth-order valence-electron chi connectivity index (χ4n) is 1.00. The third-order valence-corrected chi connectivity index (χ3v) is 1.68. The summed E-state index contributed by atoms with van der Waals surface area (Å²) in [4.78, 5) is 9.00. The van der Waals surface area contributed by atoms with E-state index in [1.54, 1.807) is 24.4 Å². The Balaban J connectivity index is 1.97. The molecule has 1 aromatic carbocycles. The summed E-state index contributed by atoms with van der Waals surface area (Å²) in [5.41, 5.74) is 0. The second-order valence-electron chi connectivity index (χ2n) is 2.77. The summed E-state index contributed by atoms with van der Waals surface area (Å²) in [5.74, 6) is 1.17. The molecule has 4 nitrogen and oxygen atoms in total. The van der Waals surface area contributed by atoms with Gasteiger partial charge in [-0.1, -0.05) is 29.4 Å². The molecule has 0 amide bonds. The number of hydrogen-bond donors (Lipinski definition) is 0. The van der Waals surface area contributed by atoms with E-state index in [9.17, 15) is 0 Å². The van der Waals surface area contributed by atoms with Gasteiger partial charge >= 0.3 is 0 Å². The highest BCUT2D eigenvalue weighted by molar-refractivity contribution is 5.24. The van der Waals surface area contributed by atoms with Crippen LogP contribution in [0.2, 0.25) is 0 Å². The maximum atomic E-state index is 5.03. The second kappa shape index (κ2) is 4.85. The van der Waals surface area contributed by atoms with Crippen molar-refractivity contribution in [3.05, 3.63) is 54.7 Å². The van der Waals surface area contributed by atoms with Crippen molar-refractivity contribution >= 4 is 5.82 Å². The van der Waals surface area contributed by atoms with Crippen molar-refractivity contribution in [1.82, 2.24) is 4.98 Å². The molecule has 74 valence electrons. The van der Waals surface area contributed by atoms with Crippen molar-refractivity contribution in [2.75, 3.05) is 0 Å². The zero-order valence-corrected chi connectivity index (χ0v) is 7.95. The Kier molecular flexibility index (Phi) is 3.02. The quantitative estimate of drug-likeness (QED) is 0.563. The lowest BCUT2D eigenvalue weighted by Crippen LogP contribution is -1.79. The Hall–Kier alpha value is -2.23. The number of aromatic nitrogens is 1. The van der Waals surface area contributed by atoms with Gasteiger partial charge in [-0.2, -0.15) is 0 Å². The summed E-state index contributed by atoms with van der Waals surface area (Å²) in [6.45, 7) is 0. The zero-order valence-electron chi connectivity index (χ0n) is 7.95. The molecule has 1 aromatic heterocycles. The molecular weight excluding hydrogens is 190 g/mol. The lowest BCUT2D eigenvalue weighted by Gasteiger charge is -1.94. The highest BCUT2D eigenvalue weighted by atomic mass is 16.6. The van der Waals surface area contributed by atoms with Gasteiger partial charge in [-0.05, 0) is 24.3 Å². The first kappa shape index (κ1) is 9.33. The molecule has 0 atom stereocenters. The third-order valence-electron chi connectivity index (χ3n) is 1.68. The van der Waals surface area contributed by atoms with Crippen LogP contribution in [0, 0.1) is 0 Å². The summed E-state index contributed by atoms with van der Waals surface area (Å²) in [5, 5.41) is 7.37. The Labute approximate surface area is 87.2 Å². The second-order valence-corrected chi connectivity index (χ2v) is 2.77. The number of nitrogens with zero attached hydrogens (tertiary/aromatic N) is 3. The Morgan fingerprint density at radius 3 is 2.47 bits per heavy atom. The van der Waals surface area contributed by atoms with Crippen LogP contribution in [-0.2, 0) is 0 Å². The topological polar surface area (TPSA) is 46.8 Å². The minimum atomic E-state index is 0.522. The number of pyridine rings is 1. The van der Waals surface area contributed by atoms with Gasteiger partial charge in [0, 0.05) is 11.5 Å². The number of para-hydroxylation sites is 1. The molecule has 0 saturated carbocycles. The van der Waals surface area contributed by atoms with Crippen molar-refractivity contribution in [3.63, 3.8) is 0 Å². The number of hydrogen-bond acceptors (Lipinski definition) is 4. The molecule has 0 aliphatic heterocycles. The van der Waals surface area contributed by atoms with Gasteiger partial charge in [-0.3, -0.25) is 0 Å². The Morgan fingerprint density at radius 1 is 0.933 bits per heavy atom. The predicted octanol–water partition coefficient (Wildman–Crippen LogP) is 3.16. The first-order chi connectivity index (χ1) is 7.45. The van der Waals surface area contributed by atoms with E-state index < -0.39 is 0 Å². The van der Waals surface area contributed by atoms with Crippen LogP contribution in [0.4, 0.5) is 5.82 Å². The lowest BCUT2D eigenvalue weighted by atomic mass is 10.3. The molecule has 2 rings (SSSR count). The number of benzene rings is 1. The van der Waals surface area contributed by atoms with Crippen molar-refractivity contribution in [3.8, 4) is 5.75 Å². The fraction of sp³-hybridized carbons (Fsp3) is 0. The van der Waals surface area contributed by atoms with Crippen LogP contribution >= 0.6 is 0 Å². The standard InChI is InChI=1S/C11H9N3O/c1-2-6-10(7-3-1)15-14-13-11-8-4-5-9-12-11/h1-9H. The van der Waals surface area contributed by atoms with Gasteiger partial charge in [0.05, 0.1) is 0 Å². The predicted molar refractivity (Wildman–Crippen MR) is 55.8 cm³/mol. The third kappa shape index (κ3) is 2.87. The summed E-state index contributed by atoms with van der Waals surface area (Å²) in [6.07, 6.45) is 1.65. The molecule has 0 bridgehead atoms. The van der Waals surface area contributed by atoms with E-state index in [0.717, 1.165) is 0 Å². The molecule has 1 heterocycles. The normalized spacial score (nSPS) is 10.4. The molecule has 0 spiro atoms. The van der Waals surface area contributed by atoms with Crippen molar-refractivity contribution in [1.29, 1.82) is 0 Å². The monoisotopic (exact) mass is 199 g/mol. The Morgan fingerprint density at radius 2 is 1.73 bits per heavy atom. The summed E-state index contributed by atoms with van der Waals surface area (Å²) >= 11 is 0. The van der Waals surface area contributed by atoms with E-state index in [2.05, 4.69) is 15.4 Å². The lowest BCUT2D eigenvalue weighted by molar-refractivity contribution is 0.312. The smallest absolute Gasteiger partial charge is 0.177 e. The van der Waals surface area contributed by atoms with Crippen LogP contribution in [0.1, 0.15) is 0 Å². The van der Waals surface area contributed by atoms with Gasteiger partial charge in [0.2, 0.25) is 0 Å². The van der Waals surface area contributed by atoms with Gasteiger partial charge in [0.15, 0.2) is 11.6 Å². The van der Waals surface area contributed by atoms with Crippen LogP contribution in [0.25, 0.3) is 0 Å². The van der Waals surface area contributed by atoms with Crippen molar-refractivity contribution in [2.24, 2.45) is 10.4 Å². The fourth-order valence-corrected chi connectivity index (χ4v) is 1.00. The van der Waals surface area contributed by atoms with Crippen molar-refractivity contribution < 1.29 is 4.84 Å². The van der Waals surface area contributed by atoms with Crippen LogP contribution in [0.5, 0.6) is 5.75 Å². The van der Waals surface area contributed by atoms with E-state index in [0.29, 0.717) is 11.6 Å². The molecule has 0 unspecified atom stereocenters. The maximum absolute atomic E-state index is 5.03. The first-order valence-electron chi connectivity index (χ1n) is 4.49. The van der Waals surface area contributed by atoms with Gasteiger partial charge in [0.25, 0.3) is 0 Å². The molecular formula is C11H9N3O. The van der Waals surface area contributed by atoms with E-state index >= 15 is 0 Å². The van der Waals surface area contributed by atoms with Crippen molar-refractivity contribution in [2.45, 2.75) is 0 Å². The zero-order chi connectivity index (χ0) is 10.3. The summed E-state index contributed by atoms with van der Waals surface area (Å²) in [7, 11) is 0. The highest BCUT2D eigenvalue weighted by Gasteiger charge is 1.89. The molecule has 4 heteroatoms. The number of rotatable bonds is 3. The first-order valence-corrected chi connectivity index (χ1v) is 4.49. The molecule has 2 aromatic rings. The van der Waals surface area contributed by atoms with E-state index in [-0.39, 0.29) is 0 Å². The van der Waals surface area contributed by atoms with Crippen LogP contribution < -0.4 is 4.84 Å². The molecule has 0 aliphatic carbocycles. The molecule has 0 fully saturated rings. The highest BCUT2D eigenvalue weighted by Crippen LogP contribution is 2.11. The van der Waals surface area contributed by atoms with Gasteiger partial charge in [0.1, 0.15) is 0 Å². The molecule has 0 radical (unpaired) electrons. The molecule has 0 aliphatic rings. The van der Waals surface area contributed by atoms with Crippen LogP contribution in [0.3, 0.4) is 0 Å². The van der Waals surface area contributed by atoms with Gasteiger partial charge in [-0.25, -0.2) is 4.98 Å². The van der Waals surface area contributed by atoms with Crippen LogP contribution in [0.15, 0.2) is 65.1 Å². The SMILES string of the molecule is c1ccc(ON=Nc2ccccn2)cc1. The minimum absolute atomic E-state index is 0.522. The molecule has 15 heavy (non-hydrogen) atoms. The summed E-state index contributed by atoms with van der Waals surface area (Å²) < 4.78 is 0.